The number of hydrogen-bond acceptors (Lipinski definition) is 4. The van der Waals surface area contributed by atoms with Crippen LogP contribution >= 0.6 is 11.3 Å². The molecule has 3 aromatic rings. The number of aromatic nitrogens is 1. The molecule has 0 fully saturated rings. The first-order valence-electron chi connectivity index (χ1n) is 7.36. The minimum Gasteiger partial charge on any atom is -0.460 e. The van der Waals surface area contributed by atoms with Crippen molar-refractivity contribution in [3.8, 4) is 11.3 Å². The average Bonchev–Trinajstić information content (AvgIpc) is 3.17. The molecule has 0 unspecified atom stereocenters. The summed E-state index contributed by atoms with van der Waals surface area (Å²) in [6.45, 7) is 6.00. The predicted octanol–water partition coefficient (Wildman–Crippen LogP) is 4.23. The molecule has 122 valence electrons. The minimum absolute atomic E-state index is 0.302. The fourth-order valence-electron chi connectivity index (χ4n) is 2.15. The van der Waals surface area contributed by atoms with E-state index in [9.17, 15) is 4.39 Å². The number of benzene rings is 1. The van der Waals surface area contributed by atoms with E-state index in [-0.39, 0.29) is 5.82 Å². The quantitative estimate of drug-likeness (QED) is 0.506. The summed E-state index contributed by atoms with van der Waals surface area (Å²) in [5, 5.41) is 6.27. The number of nitrogens with zero attached hydrogens (tertiary/aromatic N) is 3. The lowest BCUT2D eigenvalue weighted by Crippen LogP contribution is -2.12. The second kappa shape index (κ2) is 7.23. The van der Waals surface area contributed by atoms with Crippen LogP contribution < -0.4 is 4.80 Å². The maximum absolute atomic E-state index is 14.2. The van der Waals surface area contributed by atoms with E-state index >= 15 is 0 Å². The highest BCUT2D eigenvalue weighted by atomic mass is 32.1. The number of rotatable bonds is 5. The molecule has 1 aromatic carbocycles. The number of furan rings is 1. The van der Waals surface area contributed by atoms with Gasteiger partial charge in [-0.2, -0.15) is 5.10 Å². The lowest BCUT2D eigenvalue weighted by atomic mass is 10.1. The third-order valence-electron chi connectivity index (χ3n) is 3.25. The molecule has 2 heterocycles. The Balaban J connectivity index is 2.10. The Labute approximate surface area is 142 Å². The summed E-state index contributed by atoms with van der Waals surface area (Å²) in [7, 11) is 0. The zero-order valence-corrected chi connectivity index (χ0v) is 14.0. The molecule has 2 aromatic heterocycles. The SMILES string of the molecule is C=CCN=c1scc(-c2ccccc2F)n1N=Cc1ccc(C)o1. The zero-order valence-electron chi connectivity index (χ0n) is 13.1. The van der Waals surface area contributed by atoms with Gasteiger partial charge in [0.25, 0.3) is 0 Å². The highest BCUT2D eigenvalue weighted by molar-refractivity contribution is 7.07. The van der Waals surface area contributed by atoms with E-state index in [1.165, 1.54) is 17.4 Å². The maximum atomic E-state index is 14.2. The van der Waals surface area contributed by atoms with Crippen LogP contribution in [-0.4, -0.2) is 17.4 Å². The van der Waals surface area contributed by atoms with E-state index < -0.39 is 0 Å². The van der Waals surface area contributed by atoms with Crippen LogP contribution in [0.1, 0.15) is 11.5 Å². The van der Waals surface area contributed by atoms with Crippen molar-refractivity contribution >= 4 is 17.6 Å². The van der Waals surface area contributed by atoms with E-state index in [0.717, 1.165) is 5.76 Å². The van der Waals surface area contributed by atoms with Gasteiger partial charge < -0.3 is 4.42 Å². The summed E-state index contributed by atoms with van der Waals surface area (Å²) in [4.78, 5) is 5.07. The molecule has 0 spiro atoms. The van der Waals surface area contributed by atoms with Crippen LogP contribution in [0.25, 0.3) is 11.3 Å². The summed E-state index contributed by atoms with van der Waals surface area (Å²) in [6.07, 6.45) is 3.30. The van der Waals surface area contributed by atoms with Gasteiger partial charge in [0.05, 0.1) is 18.5 Å². The van der Waals surface area contributed by atoms with Crippen molar-refractivity contribution in [3.63, 3.8) is 0 Å². The van der Waals surface area contributed by atoms with Gasteiger partial charge in [-0.05, 0) is 31.2 Å². The molecule has 3 rings (SSSR count). The smallest absolute Gasteiger partial charge is 0.206 e. The highest BCUT2D eigenvalue weighted by Crippen LogP contribution is 2.23. The molecule has 0 bridgehead atoms. The van der Waals surface area contributed by atoms with Crippen molar-refractivity contribution in [2.24, 2.45) is 10.1 Å². The van der Waals surface area contributed by atoms with Gasteiger partial charge in [0.1, 0.15) is 17.3 Å². The van der Waals surface area contributed by atoms with E-state index in [1.807, 2.05) is 24.4 Å². The molecular formula is C18H16FN3OS. The summed E-state index contributed by atoms with van der Waals surface area (Å²) in [5.41, 5.74) is 1.11. The monoisotopic (exact) mass is 341 g/mol. The number of aryl methyl sites for hydroxylation is 1. The van der Waals surface area contributed by atoms with Crippen LogP contribution in [0.15, 0.2) is 68.9 Å². The third-order valence-corrected chi connectivity index (χ3v) is 4.11. The minimum atomic E-state index is -0.302. The van der Waals surface area contributed by atoms with Crippen LogP contribution in [0.4, 0.5) is 4.39 Å². The van der Waals surface area contributed by atoms with Crippen LogP contribution in [0.3, 0.4) is 0 Å². The van der Waals surface area contributed by atoms with Crippen LogP contribution in [0.2, 0.25) is 0 Å². The Hall–Kier alpha value is -2.73. The lowest BCUT2D eigenvalue weighted by Gasteiger charge is -2.04. The van der Waals surface area contributed by atoms with Crippen molar-refractivity contribution in [3.05, 3.63) is 76.6 Å². The fourth-order valence-corrected chi connectivity index (χ4v) is 2.99. The topological polar surface area (TPSA) is 42.8 Å². The van der Waals surface area contributed by atoms with E-state index in [2.05, 4.69) is 16.7 Å². The molecule has 0 radical (unpaired) electrons. The molecule has 0 N–H and O–H groups in total. The molecule has 0 aliphatic rings. The Bertz CT molecular complexity index is 949. The average molecular weight is 341 g/mol. The Morgan fingerprint density at radius 2 is 2.12 bits per heavy atom. The number of thiazole rings is 1. The first-order chi connectivity index (χ1) is 11.7. The van der Waals surface area contributed by atoms with E-state index in [1.54, 1.807) is 35.2 Å². The highest BCUT2D eigenvalue weighted by Gasteiger charge is 2.11. The van der Waals surface area contributed by atoms with Gasteiger partial charge in [0.15, 0.2) is 0 Å². The molecular weight excluding hydrogens is 325 g/mol. The van der Waals surface area contributed by atoms with Crippen molar-refractivity contribution in [1.29, 1.82) is 0 Å². The third kappa shape index (κ3) is 3.44. The Kier molecular flexibility index (Phi) is 4.86. The van der Waals surface area contributed by atoms with Crippen LogP contribution in [0.5, 0.6) is 0 Å². The second-order valence-corrected chi connectivity index (χ2v) is 5.85. The summed E-state index contributed by atoms with van der Waals surface area (Å²) in [6, 6.07) is 10.3. The van der Waals surface area contributed by atoms with Gasteiger partial charge in [-0.3, -0.25) is 4.99 Å². The van der Waals surface area contributed by atoms with Gasteiger partial charge in [0, 0.05) is 10.9 Å². The van der Waals surface area contributed by atoms with Crippen LogP contribution in [0, 0.1) is 12.7 Å². The number of hydrogen-bond donors (Lipinski definition) is 0. The predicted molar refractivity (Wildman–Crippen MR) is 94.8 cm³/mol. The van der Waals surface area contributed by atoms with Crippen molar-refractivity contribution in [1.82, 2.24) is 4.68 Å². The van der Waals surface area contributed by atoms with Gasteiger partial charge in [-0.25, -0.2) is 9.07 Å². The normalized spacial score (nSPS) is 12.2. The summed E-state index contributed by atoms with van der Waals surface area (Å²) in [5.74, 6) is 1.13. The first-order valence-corrected chi connectivity index (χ1v) is 8.24. The first kappa shape index (κ1) is 16.1. The number of halogens is 1. The fraction of sp³-hybridized carbons (Fsp3) is 0.111. The molecule has 4 nitrogen and oxygen atoms in total. The Morgan fingerprint density at radius 3 is 2.83 bits per heavy atom. The molecule has 0 saturated heterocycles. The van der Waals surface area contributed by atoms with Gasteiger partial charge >= 0.3 is 0 Å². The van der Waals surface area contributed by atoms with E-state index in [4.69, 9.17) is 4.42 Å². The molecule has 6 heteroatoms. The molecule has 0 saturated carbocycles. The molecule has 0 aliphatic carbocycles. The van der Waals surface area contributed by atoms with Crippen molar-refractivity contribution in [2.45, 2.75) is 6.92 Å². The largest absolute Gasteiger partial charge is 0.460 e. The van der Waals surface area contributed by atoms with Crippen molar-refractivity contribution in [2.75, 3.05) is 6.54 Å². The van der Waals surface area contributed by atoms with Crippen LogP contribution in [-0.2, 0) is 0 Å². The molecule has 0 aliphatic heterocycles. The van der Waals surface area contributed by atoms with E-state index in [0.29, 0.717) is 28.4 Å². The van der Waals surface area contributed by atoms with Gasteiger partial charge in [0.2, 0.25) is 4.80 Å². The molecule has 0 atom stereocenters. The summed E-state index contributed by atoms with van der Waals surface area (Å²) < 4.78 is 21.3. The summed E-state index contributed by atoms with van der Waals surface area (Å²) >= 11 is 1.40. The second-order valence-electron chi connectivity index (χ2n) is 5.02. The zero-order chi connectivity index (χ0) is 16.9. The molecule has 0 amide bonds. The Morgan fingerprint density at radius 1 is 1.29 bits per heavy atom. The molecule has 24 heavy (non-hydrogen) atoms. The maximum Gasteiger partial charge on any atom is 0.206 e. The van der Waals surface area contributed by atoms with Gasteiger partial charge in [-0.15, -0.1) is 17.9 Å². The van der Waals surface area contributed by atoms with Crippen molar-refractivity contribution < 1.29 is 8.81 Å². The standard InChI is InChI=1S/C18H16FN3OS/c1-3-10-20-18-22(21-11-14-9-8-13(2)23-14)17(12-24-18)15-6-4-5-7-16(15)19/h3-9,11-12H,1,10H2,2H3. The van der Waals surface area contributed by atoms with Gasteiger partial charge in [-0.1, -0.05) is 18.2 Å². The lowest BCUT2D eigenvalue weighted by molar-refractivity contribution is 0.527.